The minimum Gasteiger partial charge on any atom is -0.377 e. The zero-order valence-electron chi connectivity index (χ0n) is 12.0. The molecule has 0 radical (unpaired) electrons. The van der Waals surface area contributed by atoms with E-state index in [0.717, 1.165) is 13.0 Å². The van der Waals surface area contributed by atoms with Crippen LogP contribution in [0.25, 0.3) is 0 Å². The minimum absolute atomic E-state index is 0.159. The van der Waals surface area contributed by atoms with Crippen molar-refractivity contribution in [3.05, 3.63) is 0 Å². The summed E-state index contributed by atoms with van der Waals surface area (Å²) in [5.74, 6) is 0.646. The van der Waals surface area contributed by atoms with E-state index in [0.29, 0.717) is 25.5 Å². The molecule has 0 aliphatic carbocycles. The number of sulfone groups is 1. The summed E-state index contributed by atoms with van der Waals surface area (Å²) in [7, 11) is -3.08. The third kappa shape index (κ3) is 4.21. The highest BCUT2D eigenvalue weighted by atomic mass is 32.2. The van der Waals surface area contributed by atoms with Gasteiger partial charge in [0.25, 0.3) is 0 Å². The summed E-state index contributed by atoms with van der Waals surface area (Å²) >= 11 is 0. The summed E-state index contributed by atoms with van der Waals surface area (Å²) in [5.41, 5.74) is 0. The van der Waals surface area contributed by atoms with Crippen LogP contribution < -0.4 is 5.32 Å². The van der Waals surface area contributed by atoms with Crippen molar-refractivity contribution in [1.29, 1.82) is 0 Å². The lowest BCUT2D eigenvalue weighted by atomic mass is 10.1. The molecule has 1 heterocycles. The monoisotopic (exact) mass is 277 g/mol. The van der Waals surface area contributed by atoms with Gasteiger partial charge in [0.15, 0.2) is 9.84 Å². The van der Waals surface area contributed by atoms with Crippen molar-refractivity contribution in [2.45, 2.75) is 57.1 Å². The molecule has 1 aliphatic rings. The van der Waals surface area contributed by atoms with Gasteiger partial charge in [-0.25, -0.2) is 8.42 Å². The highest BCUT2D eigenvalue weighted by Crippen LogP contribution is 2.23. The lowest BCUT2D eigenvalue weighted by Crippen LogP contribution is -2.40. The second-order valence-electron chi connectivity index (χ2n) is 5.69. The molecule has 0 aromatic rings. The lowest BCUT2D eigenvalue weighted by molar-refractivity contribution is 0.126. The Morgan fingerprint density at radius 1 is 1.33 bits per heavy atom. The van der Waals surface area contributed by atoms with Gasteiger partial charge in [-0.15, -0.1) is 0 Å². The smallest absolute Gasteiger partial charge is 0.159 e. The second-order valence-corrected chi connectivity index (χ2v) is 8.28. The van der Waals surface area contributed by atoms with Gasteiger partial charge in [-0.1, -0.05) is 13.8 Å². The zero-order valence-corrected chi connectivity index (χ0v) is 12.8. The van der Waals surface area contributed by atoms with E-state index in [4.69, 9.17) is 4.74 Å². The first-order chi connectivity index (χ1) is 8.35. The summed E-state index contributed by atoms with van der Waals surface area (Å²) in [6.45, 7) is 9.97. The Morgan fingerprint density at radius 2 is 2.00 bits per heavy atom. The molecule has 4 nitrogen and oxygen atoms in total. The van der Waals surface area contributed by atoms with Crippen LogP contribution in [-0.2, 0) is 14.6 Å². The van der Waals surface area contributed by atoms with Crippen LogP contribution in [0, 0.1) is 5.92 Å². The van der Waals surface area contributed by atoms with E-state index in [1.54, 1.807) is 6.92 Å². The minimum atomic E-state index is -3.08. The topological polar surface area (TPSA) is 55.4 Å². The Hall–Kier alpha value is -0.130. The molecule has 3 atom stereocenters. The summed E-state index contributed by atoms with van der Waals surface area (Å²) < 4.78 is 30.1. The average Bonchev–Trinajstić information content (AvgIpc) is 2.70. The van der Waals surface area contributed by atoms with E-state index in [1.807, 2.05) is 6.92 Å². The van der Waals surface area contributed by atoms with Gasteiger partial charge >= 0.3 is 0 Å². The third-order valence-electron chi connectivity index (χ3n) is 3.62. The largest absolute Gasteiger partial charge is 0.377 e. The molecule has 1 rings (SSSR count). The van der Waals surface area contributed by atoms with Crippen LogP contribution in [0.5, 0.6) is 0 Å². The van der Waals surface area contributed by atoms with E-state index in [1.165, 1.54) is 0 Å². The molecule has 18 heavy (non-hydrogen) atoms. The summed E-state index contributed by atoms with van der Waals surface area (Å²) in [6, 6.07) is 0. The Balaban J connectivity index is 2.42. The predicted molar refractivity (Wildman–Crippen MR) is 74.5 cm³/mol. The maximum atomic E-state index is 12.4. The van der Waals surface area contributed by atoms with E-state index >= 15 is 0 Å². The SMILES string of the molecule is CC(C)CCNCC(C)S(=O)(=O)C1CCOC1C. The standard InChI is InChI=1S/C13H27NO3S/c1-10(2)5-7-14-9-11(3)18(15,16)13-6-8-17-12(13)4/h10-14H,5-9H2,1-4H3. The van der Waals surface area contributed by atoms with Gasteiger partial charge in [0.1, 0.15) is 0 Å². The lowest BCUT2D eigenvalue weighted by Gasteiger charge is -2.21. The molecule has 0 aromatic heterocycles. The van der Waals surface area contributed by atoms with Gasteiger partial charge in [-0.2, -0.15) is 0 Å². The van der Waals surface area contributed by atoms with Crippen molar-refractivity contribution in [2.24, 2.45) is 5.92 Å². The Morgan fingerprint density at radius 3 is 2.50 bits per heavy atom. The first-order valence-corrected chi connectivity index (χ1v) is 8.51. The van der Waals surface area contributed by atoms with Crippen molar-refractivity contribution in [3.63, 3.8) is 0 Å². The van der Waals surface area contributed by atoms with Crippen LogP contribution >= 0.6 is 0 Å². The van der Waals surface area contributed by atoms with Crippen LogP contribution in [0.15, 0.2) is 0 Å². The van der Waals surface area contributed by atoms with Crippen molar-refractivity contribution in [1.82, 2.24) is 5.32 Å². The molecule has 0 bridgehead atoms. The molecule has 0 saturated carbocycles. The first-order valence-electron chi connectivity index (χ1n) is 6.90. The predicted octanol–water partition coefficient (Wildman–Crippen LogP) is 1.60. The molecule has 5 heteroatoms. The van der Waals surface area contributed by atoms with Crippen molar-refractivity contribution in [3.8, 4) is 0 Å². The molecule has 1 saturated heterocycles. The summed E-state index contributed by atoms with van der Waals surface area (Å²) in [6.07, 6.45) is 1.56. The fourth-order valence-corrected chi connectivity index (χ4v) is 4.24. The highest BCUT2D eigenvalue weighted by Gasteiger charge is 2.38. The normalized spacial score (nSPS) is 26.7. The maximum absolute atomic E-state index is 12.4. The van der Waals surface area contributed by atoms with Crippen LogP contribution in [-0.4, -0.2) is 44.7 Å². The fraction of sp³-hybridized carbons (Fsp3) is 1.00. The molecule has 3 unspecified atom stereocenters. The van der Waals surface area contributed by atoms with Gasteiger partial charge in [0, 0.05) is 13.2 Å². The van der Waals surface area contributed by atoms with Crippen molar-refractivity contribution in [2.75, 3.05) is 19.7 Å². The third-order valence-corrected chi connectivity index (χ3v) is 6.37. The Bertz CT molecular complexity index is 340. The molecule has 0 amide bonds. The fourth-order valence-electron chi connectivity index (χ4n) is 2.25. The molecular weight excluding hydrogens is 250 g/mol. The van der Waals surface area contributed by atoms with Crippen LogP contribution in [0.4, 0.5) is 0 Å². The van der Waals surface area contributed by atoms with Crippen molar-refractivity contribution >= 4 is 9.84 Å². The zero-order chi connectivity index (χ0) is 13.8. The number of hydrogen-bond donors (Lipinski definition) is 1. The second kappa shape index (κ2) is 6.87. The number of hydrogen-bond acceptors (Lipinski definition) is 4. The van der Waals surface area contributed by atoms with Crippen molar-refractivity contribution < 1.29 is 13.2 Å². The molecular formula is C13H27NO3S. The molecule has 0 spiro atoms. The highest BCUT2D eigenvalue weighted by molar-refractivity contribution is 7.92. The molecule has 1 aliphatic heterocycles. The van der Waals surface area contributed by atoms with Crippen LogP contribution in [0.1, 0.15) is 40.5 Å². The van der Waals surface area contributed by atoms with Gasteiger partial charge in [-0.05, 0) is 39.2 Å². The maximum Gasteiger partial charge on any atom is 0.159 e. The summed E-state index contributed by atoms with van der Waals surface area (Å²) in [5, 5.41) is 2.59. The van der Waals surface area contributed by atoms with Crippen LogP contribution in [0.2, 0.25) is 0 Å². The number of ether oxygens (including phenoxy) is 1. The van der Waals surface area contributed by atoms with Gasteiger partial charge in [-0.3, -0.25) is 0 Å². The van der Waals surface area contributed by atoms with Gasteiger partial charge in [0.05, 0.1) is 16.6 Å². The van der Waals surface area contributed by atoms with Gasteiger partial charge < -0.3 is 10.1 Å². The van der Waals surface area contributed by atoms with E-state index in [9.17, 15) is 8.42 Å². The van der Waals surface area contributed by atoms with E-state index in [2.05, 4.69) is 19.2 Å². The molecule has 0 aromatic carbocycles. The first kappa shape index (κ1) is 15.9. The van der Waals surface area contributed by atoms with Gasteiger partial charge in [0.2, 0.25) is 0 Å². The molecule has 108 valence electrons. The number of rotatable bonds is 7. The molecule has 1 fully saturated rings. The molecule has 1 N–H and O–H groups in total. The number of nitrogens with one attached hydrogen (secondary N) is 1. The Labute approximate surface area is 111 Å². The van der Waals surface area contributed by atoms with E-state index in [-0.39, 0.29) is 16.6 Å². The van der Waals surface area contributed by atoms with Crippen LogP contribution in [0.3, 0.4) is 0 Å². The Kier molecular flexibility index (Phi) is 6.08. The quantitative estimate of drug-likeness (QED) is 0.718. The average molecular weight is 277 g/mol. The van der Waals surface area contributed by atoms with E-state index < -0.39 is 9.84 Å². The summed E-state index contributed by atoms with van der Waals surface area (Å²) in [4.78, 5) is 0.